The summed E-state index contributed by atoms with van der Waals surface area (Å²) >= 11 is 0. The van der Waals surface area contributed by atoms with Crippen LogP contribution in [0.2, 0.25) is 0 Å². The first-order valence-corrected chi connectivity index (χ1v) is 7.17. The summed E-state index contributed by atoms with van der Waals surface area (Å²) in [5.74, 6) is 1.43. The smallest absolute Gasteiger partial charge is 0.223 e. The van der Waals surface area contributed by atoms with E-state index >= 15 is 0 Å². The second-order valence-corrected chi connectivity index (χ2v) is 5.45. The first kappa shape index (κ1) is 13.6. The lowest BCUT2D eigenvalue weighted by molar-refractivity contribution is -0.128. The fourth-order valence-electron chi connectivity index (χ4n) is 2.83. The van der Waals surface area contributed by atoms with E-state index in [9.17, 15) is 4.79 Å². The van der Waals surface area contributed by atoms with E-state index in [0.29, 0.717) is 13.0 Å². The lowest BCUT2D eigenvalue weighted by atomic mass is 10.1. The average Bonchev–Trinajstić information content (AvgIpc) is 3.06. The zero-order valence-electron chi connectivity index (χ0n) is 12.2. The Morgan fingerprint density at radius 3 is 2.90 bits per heavy atom. The van der Waals surface area contributed by atoms with E-state index in [1.54, 1.807) is 6.20 Å². The monoisotopic (exact) mass is 281 g/mol. The van der Waals surface area contributed by atoms with Crippen LogP contribution in [-0.2, 0) is 11.3 Å². The van der Waals surface area contributed by atoms with Gasteiger partial charge in [-0.1, -0.05) is 24.3 Å². The van der Waals surface area contributed by atoms with Gasteiger partial charge in [-0.25, -0.2) is 4.98 Å². The summed E-state index contributed by atoms with van der Waals surface area (Å²) in [4.78, 5) is 18.3. The van der Waals surface area contributed by atoms with Gasteiger partial charge in [0.25, 0.3) is 0 Å². The Balaban J connectivity index is 1.89. The largest absolute Gasteiger partial charge is 0.338 e. The number of hydrogen-bond acceptors (Lipinski definition) is 2. The number of para-hydroxylation sites is 1. The fourth-order valence-corrected chi connectivity index (χ4v) is 2.83. The van der Waals surface area contributed by atoms with Gasteiger partial charge in [0.05, 0.1) is 5.69 Å². The van der Waals surface area contributed by atoms with Crippen molar-refractivity contribution >= 4 is 5.91 Å². The SMILES string of the molecule is C=CC1CC(=O)N(Cc2ccccc2-n2ccnc2C)C1. The van der Waals surface area contributed by atoms with Crippen molar-refractivity contribution in [3.8, 4) is 5.69 Å². The van der Waals surface area contributed by atoms with E-state index in [4.69, 9.17) is 0 Å². The average molecular weight is 281 g/mol. The number of nitrogens with zero attached hydrogens (tertiary/aromatic N) is 3. The van der Waals surface area contributed by atoms with Crippen molar-refractivity contribution in [2.75, 3.05) is 6.54 Å². The highest BCUT2D eigenvalue weighted by Gasteiger charge is 2.27. The van der Waals surface area contributed by atoms with Gasteiger partial charge in [-0.3, -0.25) is 4.79 Å². The van der Waals surface area contributed by atoms with Crippen molar-refractivity contribution in [1.82, 2.24) is 14.5 Å². The number of imidazole rings is 1. The topological polar surface area (TPSA) is 38.1 Å². The van der Waals surface area contributed by atoms with Gasteiger partial charge in [-0.2, -0.15) is 0 Å². The van der Waals surface area contributed by atoms with Crippen LogP contribution >= 0.6 is 0 Å². The third kappa shape index (κ3) is 2.61. The highest BCUT2D eigenvalue weighted by atomic mass is 16.2. The zero-order chi connectivity index (χ0) is 14.8. The molecule has 1 fully saturated rings. The van der Waals surface area contributed by atoms with Crippen LogP contribution in [0, 0.1) is 12.8 Å². The van der Waals surface area contributed by atoms with Crippen LogP contribution in [-0.4, -0.2) is 26.9 Å². The summed E-state index contributed by atoms with van der Waals surface area (Å²) in [6.45, 7) is 7.17. The van der Waals surface area contributed by atoms with Crippen molar-refractivity contribution in [1.29, 1.82) is 0 Å². The van der Waals surface area contributed by atoms with Crippen LogP contribution < -0.4 is 0 Å². The van der Waals surface area contributed by atoms with Gasteiger partial charge in [0.2, 0.25) is 5.91 Å². The zero-order valence-corrected chi connectivity index (χ0v) is 12.2. The summed E-state index contributed by atoms with van der Waals surface area (Å²) in [5.41, 5.74) is 2.22. The number of aromatic nitrogens is 2. The number of carbonyl (C=O) groups excluding carboxylic acids is 1. The quantitative estimate of drug-likeness (QED) is 0.808. The molecule has 1 aromatic carbocycles. The molecule has 1 aliphatic rings. The summed E-state index contributed by atoms with van der Waals surface area (Å²) in [5, 5.41) is 0. The van der Waals surface area contributed by atoms with Crippen molar-refractivity contribution in [2.24, 2.45) is 5.92 Å². The van der Waals surface area contributed by atoms with Crippen LogP contribution in [0.1, 0.15) is 17.8 Å². The van der Waals surface area contributed by atoms with Crippen LogP contribution in [0.25, 0.3) is 5.69 Å². The van der Waals surface area contributed by atoms with Crippen molar-refractivity contribution in [3.05, 3.63) is 60.7 Å². The van der Waals surface area contributed by atoms with Gasteiger partial charge < -0.3 is 9.47 Å². The van der Waals surface area contributed by atoms with Crippen LogP contribution in [0.15, 0.2) is 49.3 Å². The number of amides is 1. The second-order valence-electron chi connectivity index (χ2n) is 5.45. The molecule has 2 aromatic rings. The lowest BCUT2D eigenvalue weighted by Gasteiger charge is -2.19. The molecule has 0 N–H and O–H groups in total. The Hall–Kier alpha value is -2.36. The second kappa shape index (κ2) is 5.56. The molecular formula is C17H19N3O. The van der Waals surface area contributed by atoms with Gasteiger partial charge in [0.15, 0.2) is 0 Å². The van der Waals surface area contributed by atoms with Gasteiger partial charge in [0, 0.05) is 37.8 Å². The van der Waals surface area contributed by atoms with E-state index < -0.39 is 0 Å². The van der Waals surface area contributed by atoms with E-state index in [0.717, 1.165) is 23.6 Å². The Bertz CT molecular complexity index is 674. The number of aryl methyl sites for hydroxylation is 1. The minimum atomic E-state index is 0.206. The molecule has 0 spiro atoms. The molecular weight excluding hydrogens is 262 g/mol. The molecule has 4 nitrogen and oxygen atoms in total. The van der Waals surface area contributed by atoms with Gasteiger partial charge in [-0.05, 0) is 18.6 Å². The number of benzene rings is 1. The molecule has 1 unspecified atom stereocenters. The van der Waals surface area contributed by atoms with E-state index in [1.807, 2.05) is 36.2 Å². The van der Waals surface area contributed by atoms with E-state index in [2.05, 4.69) is 28.3 Å². The molecule has 3 rings (SSSR count). The Labute approximate surface area is 124 Å². The first-order chi connectivity index (χ1) is 10.2. The maximum absolute atomic E-state index is 12.1. The van der Waals surface area contributed by atoms with Crippen molar-refractivity contribution < 1.29 is 4.79 Å². The number of rotatable bonds is 4. The van der Waals surface area contributed by atoms with Gasteiger partial charge in [-0.15, -0.1) is 6.58 Å². The maximum atomic E-state index is 12.1. The third-order valence-electron chi connectivity index (χ3n) is 4.02. The highest BCUT2D eigenvalue weighted by molar-refractivity contribution is 5.79. The third-order valence-corrected chi connectivity index (χ3v) is 4.02. The predicted molar refractivity (Wildman–Crippen MR) is 82.0 cm³/mol. The molecule has 1 aliphatic heterocycles. The first-order valence-electron chi connectivity index (χ1n) is 7.17. The molecule has 21 heavy (non-hydrogen) atoms. The molecule has 0 aliphatic carbocycles. The molecule has 0 saturated carbocycles. The molecule has 1 atom stereocenters. The highest BCUT2D eigenvalue weighted by Crippen LogP contribution is 2.23. The fraction of sp³-hybridized carbons (Fsp3) is 0.294. The summed E-state index contributed by atoms with van der Waals surface area (Å²) in [6.07, 6.45) is 6.20. The predicted octanol–water partition coefficient (Wildman–Crippen LogP) is 2.72. The molecule has 1 amide bonds. The summed E-state index contributed by atoms with van der Waals surface area (Å²) < 4.78 is 2.06. The molecule has 4 heteroatoms. The van der Waals surface area contributed by atoms with Crippen LogP contribution in [0.5, 0.6) is 0 Å². The molecule has 2 heterocycles. The minimum absolute atomic E-state index is 0.206. The standard InChI is InChI=1S/C17H19N3O/c1-3-14-10-17(21)19(11-14)12-15-6-4-5-7-16(15)20-9-8-18-13(20)2/h3-9,14H,1,10-12H2,2H3. The van der Waals surface area contributed by atoms with Gasteiger partial charge >= 0.3 is 0 Å². The minimum Gasteiger partial charge on any atom is -0.338 e. The lowest BCUT2D eigenvalue weighted by Crippen LogP contribution is -2.25. The Morgan fingerprint density at radius 2 is 2.24 bits per heavy atom. The van der Waals surface area contributed by atoms with E-state index in [-0.39, 0.29) is 11.8 Å². The number of likely N-dealkylation sites (tertiary alicyclic amines) is 1. The van der Waals surface area contributed by atoms with E-state index in [1.165, 1.54) is 0 Å². The summed E-state index contributed by atoms with van der Waals surface area (Å²) in [6, 6.07) is 8.16. The molecule has 1 aromatic heterocycles. The normalized spacial score (nSPS) is 18.2. The molecule has 0 bridgehead atoms. The number of carbonyl (C=O) groups is 1. The van der Waals surface area contributed by atoms with Crippen LogP contribution in [0.4, 0.5) is 0 Å². The Morgan fingerprint density at radius 1 is 1.43 bits per heavy atom. The van der Waals surface area contributed by atoms with Crippen LogP contribution in [0.3, 0.4) is 0 Å². The molecule has 108 valence electrons. The molecule has 1 saturated heterocycles. The van der Waals surface area contributed by atoms with Crippen molar-refractivity contribution in [3.63, 3.8) is 0 Å². The maximum Gasteiger partial charge on any atom is 0.223 e. The van der Waals surface area contributed by atoms with Gasteiger partial charge in [0.1, 0.15) is 5.82 Å². The summed E-state index contributed by atoms with van der Waals surface area (Å²) in [7, 11) is 0. The Kier molecular flexibility index (Phi) is 3.60. The van der Waals surface area contributed by atoms with Crippen molar-refractivity contribution in [2.45, 2.75) is 19.9 Å². The number of hydrogen-bond donors (Lipinski definition) is 0. The molecule has 0 radical (unpaired) electrons.